The van der Waals surface area contributed by atoms with Crippen LogP contribution in [0.15, 0.2) is 42.1 Å². The van der Waals surface area contributed by atoms with Crippen LogP contribution in [0.2, 0.25) is 0 Å². The van der Waals surface area contributed by atoms with Gasteiger partial charge in [-0.05, 0) is 19.4 Å². The van der Waals surface area contributed by atoms with Gasteiger partial charge in [-0.25, -0.2) is 0 Å². The van der Waals surface area contributed by atoms with Crippen LogP contribution in [0.5, 0.6) is 0 Å². The Balaban J connectivity index is 2.61. The van der Waals surface area contributed by atoms with E-state index in [0.717, 1.165) is 5.56 Å². The highest BCUT2D eigenvalue weighted by atomic mass is 16.1. The van der Waals surface area contributed by atoms with E-state index in [9.17, 15) is 4.79 Å². The Bertz CT molecular complexity index is 353. The van der Waals surface area contributed by atoms with Crippen LogP contribution in [0, 0.1) is 0 Å². The van der Waals surface area contributed by atoms with E-state index in [1.54, 1.807) is 6.92 Å². The molecule has 80 valence electrons. The molecule has 0 aliphatic carbocycles. The van der Waals surface area contributed by atoms with Crippen LogP contribution in [0.25, 0.3) is 0 Å². The second kappa shape index (κ2) is 5.20. The molecule has 3 N–H and O–H groups in total. The summed E-state index contributed by atoms with van der Waals surface area (Å²) in [7, 11) is 0. The molecule has 0 aromatic heterocycles. The third kappa shape index (κ3) is 3.85. The van der Waals surface area contributed by atoms with Crippen molar-refractivity contribution >= 4 is 5.91 Å². The van der Waals surface area contributed by atoms with Gasteiger partial charge in [0, 0.05) is 11.8 Å². The first kappa shape index (κ1) is 11.3. The molecule has 0 fully saturated rings. The number of hydrogen-bond acceptors (Lipinski definition) is 2. The minimum Gasteiger partial charge on any atom is -0.402 e. The van der Waals surface area contributed by atoms with E-state index in [1.807, 2.05) is 37.3 Å². The number of benzene rings is 1. The quantitative estimate of drug-likeness (QED) is 0.737. The Kier molecular flexibility index (Phi) is 3.92. The Morgan fingerprint density at radius 1 is 1.40 bits per heavy atom. The van der Waals surface area contributed by atoms with Crippen LogP contribution in [-0.4, -0.2) is 5.91 Å². The fraction of sp³-hybridized carbons (Fsp3) is 0.250. The first-order valence-corrected chi connectivity index (χ1v) is 4.89. The van der Waals surface area contributed by atoms with Gasteiger partial charge in [-0.2, -0.15) is 0 Å². The van der Waals surface area contributed by atoms with Gasteiger partial charge in [0.2, 0.25) is 5.91 Å². The predicted molar refractivity (Wildman–Crippen MR) is 60.9 cm³/mol. The van der Waals surface area contributed by atoms with Crippen LogP contribution in [0.3, 0.4) is 0 Å². The van der Waals surface area contributed by atoms with Crippen LogP contribution < -0.4 is 11.1 Å². The molecule has 15 heavy (non-hydrogen) atoms. The van der Waals surface area contributed by atoms with Gasteiger partial charge in [-0.15, -0.1) is 0 Å². The topological polar surface area (TPSA) is 55.1 Å². The molecule has 0 bridgehead atoms. The van der Waals surface area contributed by atoms with Crippen molar-refractivity contribution in [1.29, 1.82) is 0 Å². The van der Waals surface area contributed by atoms with Crippen molar-refractivity contribution in [3.05, 3.63) is 47.7 Å². The molecular weight excluding hydrogens is 188 g/mol. The zero-order valence-corrected chi connectivity index (χ0v) is 9.03. The molecule has 1 amide bonds. The maximum atomic E-state index is 11.4. The fourth-order valence-electron chi connectivity index (χ4n) is 1.29. The summed E-state index contributed by atoms with van der Waals surface area (Å²) in [5, 5.41) is 2.83. The lowest BCUT2D eigenvalue weighted by atomic mass is 10.1. The van der Waals surface area contributed by atoms with E-state index in [2.05, 4.69) is 5.32 Å². The third-order valence-corrected chi connectivity index (χ3v) is 2.02. The molecule has 0 saturated heterocycles. The minimum absolute atomic E-state index is 0.00528. The average molecular weight is 204 g/mol. The summed E-state index contributed by atoms with van der Waals surface area (Å²) in [4.78, 5) is 11.4. The smallest absolute Gasteiger partial charge is 0.246 e. The molecular formula is C12H16N2O. The van der Waals surface area contributed by atoms with Gasteiger partial charge in [0.25, 0.3) is 0 Å². The first-order chi connectivity index (χ1) is 7.09. The second-order valence-corrected chi connectivity index (χ2v) is 3.53. The summed E-state index contributed by atoms with van der Waals surface area (Å²) < 4.78 is 0. The summed E-state index contributed by atoms with van der Waals surface area (Å²) in [6.07, 6.45) is 1.39. The SMILES string of the molecule is CC(N)=CC(=O)NC(C)c1ccccc1. The van der Waals surface area contributed by atoms with Crippen molar-refractivity contribution in [2.24, 2.45) is 5.73 Å². The van der Waals surface area contributed by atoms with E-state index >= 15 is 0 Å². The van der Waals surface area contributed by atoms with Gasteiger partial charge in [-0.1, -0.05) is 30.3 Å². The molecule has 0 aliphatic heterocycles. The zero-order valence-electron chi connectivity index (χ0n) is 9.03. The summed E-state index contributed by atoms with van der Waals surface area (Å²) in [5.41, 5.74) is 6.99. The van der Waals surface area contributed by atoms with E-state index in [1.165, 1.54) is 6.08 Å². The Labute approximate surface area is 90.0 Å². The lowest BCUT2D eigenvalue weighted by Crippen LogP contribution is -2.25. The van der Waals surface area contributed by atoms with Crippen LogP contribution in [-0.2, 0) is 4.79 Å². The van der Waals surface area contributed by atoms with Crippen molar-refractivity contribution in [1.82, 2.24) is 5.32 Å². The molecule has 1 rings (SSSR count). The van der Waals surface area contributed by atoms with Gasteiger partial charge in [0.1, 0.15) is 0 Å². The van der Waals surface area contributed by atoms with Gasteiger partial charge >= 0.3 is 0 Å². The van der Waals surface area contributed by atoms with Gasteiger partial charge in [0.05, 0.1) is 6.04 Å². The summed E-state index contributed by atoms with van der Waals surface area (Å²) in [6, 6.07) is 9.79. The fourth-order valence-corrected chi connectivity index (χ4v) is 1.29. The molecule has 1 aromatic carbocycles. The molecule has 0 heterocycles. The number of carbonyl (C=O) groups is 1. The lowest BCUT2D eigenvalue weighted by Gasteiger charge is -2.12. The van der Waals surface area contributed by atoms with Gasteiger partial charge < -0.3 is 11.1 Å². The van der Waals surface area contributed by atoms with Crippen LogP contribution in [0.4, 0.5) is 0 Å². The van der Waals surface area contributed by atoms with Crippen molar-refractivity contribution in [3.63, 3.8) is 0 Å². The summed E-state index contributed by atoms with van der Waals surface area (Å²) in [6.45, 7) is 3.62. The summed E-state index contributed by atoms with van der Waals surface area (Å²) in [5.74, 6) is -0.161. The monoisotopic (exact) mass is 204 g/mol. The molecule has 3 nitrogen and oxygen atoms in total. The Morgan fingerprint density at radius 3 is 2.53 bits per heavy atom. The molecule has 0 spiro atoms. The van der Waals surface area contributed by atoms with Gasteiger partial charge in [-0.3, -0.25) is 4.79 Å². The Hall–Kier alpha value is -1.77. The number of hydrogen-bond donors (Lipinski definition) is 2. The highest BCUT2D eigenvalue weighted by Crippen LogP contribution is 2.10. The predicted octanol–water partition coefficient (Wildman–Crippen LogP) is 1.73. The van der Waals surface area contributed by atoms with Crippen molar-refractivity contribution in [2.75, 3.05) is 0 Å². The highest BCUT2D eigenvalue weighted by molar-refractivity contribution is 5.88. The van der Waals surface area contributed by atoms with Crippen molar-refractivity contribution in [2.45, 2.75) is 19.9 Å². The van der Waals surface area contributed by atoms with E-state index in [-0.39, 0.29) is 11.9 Å². The van der Waals surface area contributed by atoms with E-state index in [4.69, 9.17) is 5.73 Å². The average Bonchev–Trinajstić information content (AvgIpc) is 2.17. The Morgan fingerprint density at radius 2 is 2.00 bits per heavy atom. The standard InChI is InChI=1S/C12H16N2O/c1-9(13)8-12(15)14-10(2)11-6-4-3-5-7-11/h3-8,10H,13H2,1-2H3,(H,14,15). The first-order valence-electron chi connectivity index (χ1n) is 4.89. The maximum absolute atomic E-state index is 11.4. The number of allylic oxidation sites excluding steroid dienone is 1. The molecule has 1 atom stereocenters. The number of nitrogens with one attached hydrogen (secondary N) is 1. The van der Waals surface area contributed by atoms with Gasteiger partial charge in [0.15, 0.2) is 0 Å². The number of amides is 1. The molecule has 3 heteroatoms. The third-order valence-electron chi connectivity index (χ3n) is 2.02. The number of rotatable bonds is 3. The maximum Gasteiger partial charge on any atom is 0.246 e. The zero-order chi connectivity index (χ0) is 11.3. The van der Waals surface area contributed by atoms with E-state index < -0.39 is 0 Å². The van der Waals surface area contributed by atoms with E-state index in [0.29, 0.717) is 5.70 Å². The van der Waals surface area contributed by atoms with Crippen LogP contribution in [0.1, 0.15) is 25.5 Å². The molecule has 1 unspecified atom stereocenters. The molecule has 0 saturated carbocycles. The molecule has 1 aromatic rings. The largest absolute Gasteiger partial charge is 0.402 e. The van der Waals surface area contributed by atoms with Crippen molar-refractivity contribution in [3.8, 4) is 0 Å². The second-order valence-electron chi connectivity index (χ2n) is 3.53. The van der Waals surface area contributed by atoms with Crippen molar-refractivity contribution < 1.29 is 4.79 Å². The number of carbonyl (C=O) groups excluding carboxylic acids is 1. The minimum atomic E-state index is -0.161. The number of nitrogens with two attached hydrogens (primary N) is 1. The molecule has 0 radical (unpaired) electrons. The summed E-state index contributed by atoms with van der Waals surface area (Å²) >= 11 is 0. The lowest BCUT2D eigenvalue weighted by molar-refractivity contribution is -0.117. The molecule has 0 aliphatic rings. The van der Waals surface area contributed by atoms with Crippen LogP contribution >= 0.6 is 0 Å². The highest BCUT2D eigenvalue weighted by Gasteiger charge is 2.06. The normalized spacial score (nSPS) is 13.3.